The molecule has 2 rings (SSSR count). The van der Waals surface area contributed by atoms with Crippen molar-refractivity contribution in [3.8, 4) is 5.75 Å². The quantitative estimate of drug-likeness (QED) is 0.771. The minimum absolute atomic E-state index is 0.0977. The summed E-state index contributed by atoms with van der Waals surface area (Å²) in [6.45, 7) is 7.01. The van der Waals surface area contributed by atoms with Crippen molar-refractivity contribution in [3.63, 3.8) is 0 Å². The van der Waals surface area contributed by atoms with Gasteiger partial charge in [-0.1, -0.05) is 32.0 Å². The number of carbonyl (C=O) groups excluding carboxylic acids is 2. The summed E-state index contributed by atoms with van der Waals surface area (Å²) >= 11 is 0. The number of piperazine rings is 1. The van der Waals surface area contributed by atoms with E-state index in [1.165, 1.54) is 0 Å². The van der Waals surface area contributed by atoms with Crippen LogP contribution in [0.15, 0.2) is 30.3 Å². The smallest absolute Gasteiger partial charge is 0.226 e. The van der Waals surface area contributed by atoms with Gasteiger partial charge >= 0.3 is 0 Å². The van der Waals surface area contributed by atoms with Crippen LogP contribution in [-0.2, 0) is 9.59 Å². The highest BCUT2D eigenvalue weighted by Crippen LogP contribution is 2.14. The van der Waals surface area contributed by atoms with Crippen LogP contribution in [0, 0.1) is 5.92 Å². The van der Waals surface area contributed by atoms with Crippen molar-refractivity contribution in [3.05, 3.63) is 30.3 Å². The van der Waals surface area contributed by atoms with Crippen LogP contribution in [0.1, 0.15) is 33.1 Å². The molecule has 1 aliphatic heterocycles. The molecule has 1 saturated heterocycles. The number of amides is 2. The first-order valence-corrected chi connectivity index (χ1v) is 8.90. The summed E-state index contributed by atoms with van der Waals surface area (Å²) in [7, 11) is 0. The summed E-state index contributed by atoms with van der Waals surface area (Å²) in [5, 5.41) is 0. The van der Waals surface area contributed by atoms with Crippen LogP contribution in [0.5, 0.6) is 5.75 Å². The Kier molecular flexibility index (Phi) is 7.09. The standard InChI is InChI=1S/C19H28N2O3/c1-3-16(4-2)19(23)21-13-11-20(12-14-21)18(22)10-15-24-17-8-6-5-7-9-17/h5-9,16H,3-4,10-15H2,1-2H3. The van der Waals surface area contributed by atoms with Crippen LogP contribution >= 0.6 is 0 Å². The molecule has 132 valence electrons. The van der Waals surface area contributed by atoms with Crippen molar-refractivity contribution < 1.29 is 14.3 Å². The third-order valence-electron chi connectivity index (χ3n) is 4.61. The highest BCUT2D eigenvalue weighted by atomic mass is 16.5. The Morgan fingerprint density at radius 1 is 1.00 bits per heavy atom. The second kappa shape index (κ2) is 9.30. The van der Waals surface area contributed by atoms with Gasteiger partial charge in [-0.25, -0.2) is 0 Å². The number of para-hydroxylation sites is 1. The van der Waals surface area contributed by atoms with Gasteiger partial charge in [-0.05, 0) is 25.0 Å². The second-order valence-corrected chi connectivity index (χ2v) is 6.13. The first-order valence-electron chi connectivity index (χ1n) is 8.90. The van der Waals surface area contributed by atoms with E-state index in [4.69, 9.17) is 4.74 Å². The number of benzene rings is 1. The molecule has 0 bridgehead atoms. The zero-order chi connectivity index (χ0) is 17.4. The second-order valence-electron chi connectivity index (χ2n) is 6.13. The van der Waals surface area contributed by atoms with E-state index in [9.17, 15) is 9.59 Å². The Morgan fingerprint density at radius 3 is 2.17 bits per heavy atom. The molecule has 1 fully saturated rings. The maximum Gasteiger partial charge on any atom is 0.226 e. The Bertz CT molecular complexity index is 521. The lowest BCUT2D eigenvalue weighted by Gasteiger charge is -2.36. The van der Waals surface area contributed by atoms with Gasteiger partial charge in [-0.15, -0.1) is 0 Å². The summed E-state index contributed by atoms with van der Waals surface area (Å²) < 4.78 is 5.58. The Balaban J connectivity index is 1.71. The van der Waals surface area contributed by atoms with Gasteiger partial charge in [0.15, 0.2) is 0 Å². The van der Waals surface area contributed by atoms with E-state index in [-0.39, 0.29) is 17.7 Å². The Morgan fingerprint density at radius 2 is 1.58 bits per heavy atom. The average Bonchev–Trinajstić information content (AvgIpc) is 2.63. The lowest BCUT2D eigenvalue weighted by molar-refractivity contribution is -0.142. The molecular formula is C19H28N2O3. The molecule has 5 nitrogen and oxygen atoms in total. The SMILES string of the molecule is CCC(CC)C(=O)N1CCN(C(=O)CCOc2ccccc2)CC1. The van der Waals surface area contributed by atoms with Gasteiger partial charge < -0.3 is 14.5 Å². The van der Waals surface area contributed by atoms with E-state index in [0.29, 0.717) is 39.2 Å². The Hall–Kier alpha value is -2.04. The van der Waals surface area contributed by atoms with Gasteiger partial charge in [0.2, 0.25) is 11.8 Å². The fourth-order valence-electron chi connectivity index (χ4n) is 3.00. The van der Waals surface area contributed by atoms with Gasteiger partial charge in [0, 0.05) is 32.1 Å². The molecule has 0 aromatic heterocycles. The predicted octanol–water partition coefficient (Wildman–Crippen LogP) is 2.56. The van der Waals surface area contributed by atoms with Crippen molar-refractivity contribution >= 4 is 11.8 Å². The van der Waals surface area contributed by atoms with Crippen molar-refractivity contribution in [1.29, 1.82) is 0 Å². The molecule has 24 heavy (non-hydrogen) atoms. The van der Waals surface area contributed by atoms with Crippen molar-refractivity contribution in [1.82, 2.24) is 9.80 Å². The van der Waals surface area contributed by atoms with Crippen LogP contribution in [-0.4, -0.2) is 54.4 Å². The summed E-state index contributed by atoms with van der Waals surface area (Å²) in [5.74, 6) is 1.23. The lowest BCUT2D eigenvalue weighted by atomic mass is 10.0. The van der Waals surface area contributed by atoms with Gasteiger partial charge in [-0.3, -0.25) is 9.59 Å². The first kappa shape index (κ1) is 18.3. The van der Waals surface area contributed by atoms with Crippen LogP contribution in [0.3, 0.4) is 0 Å². The van der Waals surface area contributed by atoms with Crippen LogP contribution in [0.4, 0.5) is 0 Å². The molecule has 0 saturated carbocycles. The van der Waals surface area contributed by atoms with Gasteiger partial charge in [0.1, 0.15) is 5.75 Å². The molecule has 0 spiro atoms. The molecule has 0 unspecified atom stereocenters. The number of ether oxygens (including phenoxy) is 1. The lowest BCUT2D eigenvalue weighted by Crippen LogP contribution is -2.52. The summed E-state index contributed by atoms with van der Waals surface area (Å²) in [4.78, 5) is 28.4. The van der Waals surface area contributed by atoms with Gasteiger partial charge in [0.05, 0.1) is 13.0 Å². The van der Waals surface area contributed by atoms with E-state index >= 15 is 0 Å². The average molecular weight is 332 g/mol. The summed E-state index contributed by atoms with van der Waals surface area (Å²) in [6.07, 6.45) is 2.13. The van der Waals surface area contributed by atoms with Crippen molar-refractivity contribution in [2.45, 2.75) is 33.1 Å². The number of nitrogens with zero attached hydrogens (tertiary/aromatic N) is 2. The van der Waals surface area contributed by atoms with E-state index in [1.54, 1.807) is 0 Å². The predicted molar refractivity (Wildman–Crippen MR) is 93.8 cm³/mol. The van der Waals surface area contributed by atoms with Gasteiger partial charge in [0.25, 0.3) is 0 Å². The fourth-order valence-corrected chi connectivity index (χ4v) is 3.00. The molecule has 1 aliphatic rings. The number of hydrogen-bond donors (Lipinski definition) is 0. The molecule has 0 atom stereocenters. The maximum atomic E-state index is 12.4. The highest BCUT2D eigenvalue weighted by molar-refractivity contribution is 5.80. The molecule has 5 heteroatoms. The molecule has 1 aromatic carbocycles. The van der Waals surface area contributed by atoms with Gasteiger partial charge in [-0.2, -0.15) is 0 Å². The van der Waals surface area contributed by atoms with E-state index in [1.807, 2.05) is 40.1 Å². The van der Waals surface area contributed by atoms with Crippen LogP contribution in [0.25, 0.3) is 0 Å². The third kappa shape index (κ3) is 4.98. The Labute approximate surface area is 144 Å². The zero-order valence-electron chi connectivity index (χ0n) is 14.7. The van der Waals surface area contributed by atoms with Crippen molar-refractivity contribution in [2.24, 2.45) is 5.92 Å². The number of rotatable bonds is 7. The minimum Gasteiger partial charge on any atom is -0.493 e. The van der Waals surface area contributed by atoms with Crippen LogP contribution in [0.2, 0.25) is 0 Å². The molecule has 2 amide bonds. The minimum atomic E-state index is 0.0977. The molecular weight excluding hydrogens is 304 g/mol. The monoisotopic (exact) mass is 332 g/mol. The highest BCUT2D eigenvalue weighted by Gasteiger charge is 2.27. The largest absolute Gasteiger partial charge is 0.493 e. The topological polar surface area (TPSA) is 49.9 Å². The number of carbonyl (C=O) groups is 2. The summed E-state index contributed by atoms with van der Waals surface area (Å²) in [6, 6.07) is 9.51. The molecule has 0 radical (unpaired) electrons. The maximum absolute atomic E-state index is 12.4. The summed E-state index contributed by atoms with van der Waals surface area (Å²) in [5.41, 5.74) is 0. The molecule has 1 heterocycles. The third-order valence-corrected chi connectivity index (χ3v) is 4.61. The normalized spacial score (nSPS) is 14.8. The molecule has 0 N–H and O–H groups in total. The van der Waals surface area contributed by atoms with E-state index in [2.05, 4.69) is 13.8 Å². The van der Waals surface area contributed by atoms with E-state index < -0.39 is 0 Å². The van der Waals surface area contributed by atoms with Crippen LogP contribution < -0.4 is 4.74 Å². The molecule has 0 aliphatic carbocycles. The molecule has 1 aromatic rings. The van der Waals surface area contributed by atoms with E-state index in [0.717, 1.165) is 18.6 Å². The van der Waals surface area contributed by atoms with Crippen molar-refractivity contribution in [2.75, 3.05) is 32.8 Å². The fraction of sp³-hybridized carbons (Fsp3) is 0.579. The zero-order valence-corrected chi connectivity index (χ0v) is 14.7. The first-order chi connectivity index (χ1) is 11.7. The number of hydrogen-bond acceptors (Lipinski definition) is 3.